The highest BCUT2D eigenvalue weighted by Crippen LogP contribution is 2.27. The SMILES string of the molecule is Nc1cc(C(=O)Nc2cnc(-n3nccn3)c(Cl)c2)ccc1-c1ccccc1. The van der Waals surface area contributed by atoms with Crippen LogP contribution < -0.4 is 11.1 Å². The fourth-order valence-corrected chi connectivity index (χ4v) is 3.00. The number of hydrogen-bond acceptors (Lipinski definition) is 5. The number of nitrogens with one attached hydrogen (secondary N) is 1. The molecule has 4 rings (SSSR count). The van der Waals surface area contributed by atoms with Crippen LogP contribution >= 0.6 is 11.6 Å². The number of carbonyl (C=O) groups excluding carboxylic acids is 1. The summed E-state index contributed by atoms with van der Waals surface area (Å²) in [6.45, 7) is 0. The second-order valence-electron chi connectivity index (χ2n) is 5.97. The number of nitrogens with zero attached hydrogens (tertiary/aromatic N) is 4. The Balaban J connectivity index is 1.54. The van der Waals surface area contributed by atoms with Crippen LogP contribution in [0.4, 0.5) is 11.4 Å². The van der Waals surface area contributed by atoms with E-state index in [-0.39, 0.29) is 5.91 Å². The lowest BCUT2D eigenvalue weighted by Gasteiger charge is -2.10. The molecule has 0 radical (unpaired) electrons. The molecule has 0 aliphatic rings. The van der Waals surface area contributed by atoms with Crippen molar-refractivity contribution < 1.29 is 4.79 Å². The first-order chi connectivity index (χ1) is 13.6. The highest BCUT2D eigenvalue weighted by atomic mass is 35.5. The van der Waals surface area contributed by atoms with Gasteiger partial charge in [0.25, 0.3) is 5.91 Å². The summed E-state index contributed by atoms with van der Waals surface area (Å²) in [6, 6.07) is 16.5. The molecule has 0 aliphatic carbocycles. The van der Waals surface area contributed by atoms with Gasteiger partial charge in [-0.05, 0) is 23.8 Å². The van der Waals surface area contributed by atoms with Gasteiger partial charge in [0, 0.05) is 16.8 Å². The Bertz CT molecular complexity index is 1130. The van der Waals surface area contributed by atoms with E-state index in [1.165, 1.54) is 23.4 Å². The molecule has 0 spiro atoms. The molecule has 0 bridgehead atoms. The third kappa shape index (κ3) is 3.56. The third-order valence-electron chi connectivity index (χ3n) is 4.09. The van der Waals surface area contributed by atoms with Gasteiger partial charge in [-0.25, -0.2) is 4.98 Å². The molecule has 138 valence electrons. The number of nitrogen functional groups attached to an aromatic ring is 1. The maximum absolute atomic E-state index is 12.6. The Hall–Kier alpha value is -3.71. The van der Waals surface area contributed by atoms with Crippen molar-refractivity contribution in [2.45, 2.75) is 0 Å². The largest absolute Gasteiger partial charge is 0.398 e. The molecule has 8 heteroatoms. The number of hydrogen-bond donors (Lipinski definition) is 2. The van der Waals surface area contributed by atoms with Crippen LogP contribution in [0.2, 0.25) is 5.02 Å². The number of carbonyl (C=O) groups is 1. The number of benzene rings is 2. The maximum Gasteiger partial charge on any atom is 0.255 e. The summed E-state index contributed by atoms with van der Waals surface area (Å²) in [5.74, 6) is 0.0651. The molecule has 0 saturated carbocycles. The fraction of sp³-hybridized carbons (Fsp3) is 0. The first-order valence-electron chi connectivity index (χ1n) is 8.40. The summed E-state index contributed by atoms with van der Waals surface area (Å²) in [5, 5.41) is 11.1. The molecular weight excluding hydrogens is 376 g/mol. The number of anilines is 2. The van der Waals surface area contributed by atoms with Crippen molar-refractivity contribution in [3.05, 3.63) is 83.8 Å². The summed E-state index contributed by atoms with van der Waals surface area (Å²) in [7, 11) is 0. The number of halogens is 1. The van der Waals surface area contributed by atoms with Gasteiger partial charge < -0.3 is 11.1 Å². The van der Waals surface area contributed by atoms with Crippen LogP contribution in [0.25, 0.3) is 16.9 Å². The summed E-state index contributed by atoms with van der Waals surface area (Å²) in [6.07, 6.45) is 4.54. The van der Waals surface area contributed by atoms with Crippen LogP contribution in [0.5, 0.6) is 0 Å². The molecule has 2 aromatic heterocycles. The van der Waals surface area contributed by atoms with Crippen LogP contribution in [0.15, 0.2) is 73.2 Å². The zero-order valence-electron chi connectivity index (χ0n) is 14.6. The molecule has 0 atom stereocenters. The number of nitrogens with two attached hydrogens (primary N) is 1. The first-order valence-corrected chi connectivity index (χ1v) is 8.78. The van der Waals surface area contributed by atoms with Crippen molar-refractivity contribution in [2.24, 2.45) is 0 Å². The van der Waals surface area contributed by atoms with Gasteiger partial charge in [-0.3, -0.25) is 4.79 Å². The van der Waals surface area contributed by atoms with Gasteiger partial charge in [0.15, 0.2) is 5.82 Å². The van der Waals surface area contributed by atoms with Gasteiger partial charge in [-0.2, -0.15) is 10.2 Å². The van der Waals surface area contributed by atoms with Crippen LogP contribution in [0.3, 0.4) is 0 Å². The summed E-state index contributed by atoms with van der Waals surface area (Å²) < 4.78 is 0. The average Bonchev–Trinajstić information content (AvgIpc) is 3.23. The van der Waals surface area contributed by atoms with E-state index in [1.54, 1.807) is 18.2 Å². The number of pyridine rings is 1. The minimum Gasteiger partial charge on any atom is -0.398 e. The maximum atomic E-state index is 12.6. The number of aromatic nitrogens is 4. The lowest BCUT2D eigenvalue weighted by molar-refractivity contribution is 0.102. The molecule has 28 heavy (non-hydrogen) atoms. The van der Waals surface area contributed by atoms with Gasteiger partial charge in [0.1, 0.15) is 0 Å². The first kappa shape index (κ1) is 17.7. The van der Waals surface area contributed by atoms with E-state index in [2.05, 4.69) is 20.5 Å². The smallest absolute Gasteiger partial charge is 0.255 e. The number of amides is 1. The zero-order chi connectivity index (χ0) is 19.5. The van der Waals surface area contributed by atoms with E-state index >= 15 is 0 Å². The van der Waals surface area contributed by atoms with Crippen molar-refractivity contribution in [3.63, 3.8) is 0 Å². The standard InChI is InChI=1S/C20H15ClN6O/c21-17-11-15(12-23-19(17)27-24-8-9-25-27)26-20(28)14-6-7-16(18(22)10-14)13-4-2-1-3-5-13/h1-12H,22H2,(H,26,28). The van der Waals surface area contributed by atoms with Crippen LogP contribution in [0, 0.1) is 0 Å². The molecule has 7 nitrogen and oxygen atoms in total. The molecule has 4 aromatic rings. The Morgan fingerprint density at radius 3 is 2.46 bits per heavy atom. The Kier molecular flexibility index (Phi) is 4.74. The van der Waals surface area contributed by atoms with Crippen molar-refractivity contribution >= 4 is 28.9 Å². The highest BCUT2D eigenvalue weighted by molar-refractivity contribution is 6.32. The second-order valence-corrected chi connectivity index (χ2v) is 6.38. The van der Waals surface area contributed by atoms with Gasteiger partial charge in [-0.15, -0.1) is 4.80 Å². The molecular formula is C20H15ClN6O. The van der Waals surface area contributed by atoms with Crippen molar-refractivity contribution in [1.29, 1.82) is 0 Å². The monoisotopic (exact) mass is 390 g/mol. The minimum atomic E-state index is -0.311. The van der Waals surface area contributed by atoms with Crippen molar-refractivity contribution in [3.8, 4) is 16.9 Å². The Labute approximate surface area is 165 Å². The van der Waals surface area contributed by atoms with E-state index in [0.717, 1.165) is 11.1 Å². The summed E-state index contributed by atoms with van der Waals surface area (Å²) >= 11 is 6.23. The minimum absolute atomic E-state index is 0.311. The molecule has 2 heterocycles. The van der Waals surface area contributed by atoms with E-state index in [0.29, 0.717) is 27.8 Å². The Morgan fingerprint density at radius 2 is 1.79 bits per heavy atom. The van der Waals surface area contributed by atoms with Crippen LogP contribution in [-0.4, -0.2) is 25.9 Å². The summed E-state index contributed by atoms with van der Waals surface area (Å²) in [4.78, 5) is 18.1. The van der Waals surface area contributed by atoms with Crippen molar-refractivity contribution in [2.75, 3.05) is 11.1 Å². The molecule has 1 amide bonds. The lowest BCUT2D eigenvalue weighted by Crippen LogP contribution is -2.13. The van der Waals surface area contributed by atoms with Gasteiger partial charge in [-0.1, -0.05) is 48.0 Å². The fourth-order valence-electron chi connectivity index (χ4n) is 2.76. The lowest BCUT2D eigenvalue weighted by atomic mass is 10.0. The molecule has 0 saturated heterocycles. The quantitative estimate of drug-likeness (QED) is 0.516. The van der Waals surface area contributed by atoms with Crippen LogP contribution in [-0.2, 0) is 0 Å². The van der Waals surface area contributed by atoms with E-state index in [1.807, 2.05) is 36.4 Å². The van der Waals surface area contributed by atoms with Gasteiger partial charge in [0.2, 0.25) is 0 Å². The number of rotatable bonds is 4. The normalized spacial score (nSPS) is 10.6. The topological polar surface area (TPSA) is 98.7 Å². The van der Waals surface area contributed by atoms with Crippen LogP contribution in [0.1, 0.15) is 10.4 Å². The zero-order valence-corrected chi connectivity index (χ0v) is 15.3. The van der Waals surface area contributed by atoms with Gasteiger partial charge >= 0.3 is 0 Å². The predicted molar refractivity (Wildman–Crippen MR) is 108 cm³/mol. The van der Waals surface area contributed by atoms with E-state index in [9.17, 15) is 4.79 Å². The molecule has 0 aliphatic heterocycles. The average molecular weight is 391 g/mol. The predicted octanol–water partition coefficient (Wildman–Crippen LogP) is 3.82. The molecule has 0 fully saturated rings. The molecule has 2 aromatic carbocycles. The van der Waals surface area contributed by atoms with E-state index in [4.69, 9.17) is 17.3 Å². The molecule has 0 unspecified atom stereocenters. The Morgan fingerprint density at radius 1 is 1.04 bits per heavy atom. The summed E-state index contributed by atoms with van der Waals surface area (Å²) in [5.41, 5.74) is 9.43. The third-order valence-corrected chi connectivity index (χ3v) is 4.36. The highest BCUT2D eigenvalue weighted by Gasteiger charge is 2.12. The van der Waals surface area contributed by atoms with Crippen molar-refractivity contribution in [1.82, 2.24) is 20.0 Å². The van der Waals surface area contributed by atoms with E-state index < -0.39 is 0 Å². The molecule has 3 N–H and O–H groups in total. The van der Waals surface area contributed by atoms with Gasteiger partial charge in [0.05, 0.1) is 29.3 Å². The second kappa shape index (κ2) is 7.50.